The SMILES string of the molecule is CCCCC(=O)C1CC(CC)[C@@H](OC2O[C@@H](C)[C@H](O)C(O)[C@@H]2O)[C@H](O[C@@H]2O[C@@H](CO)[C@H](O)C(O[C@@H](CC3CCCCC3)C(=O)O)C2NC(C)=O)C1. The molecule has 4 aliphatic rings. The Morgan fingerprint density at radius 1 is 0.882 bits per heavy atom. The average molecular weight is 732 g/mol. The van der Waals surface area contributed by atoms with Gasteiger partial charge in [-0.1, -0.05) is 58.8 Å². The maximum absolute atomic E-state index is 13.4. The van der Waals surface area contributed by atoms with E-state index in [4.69, 9.17) is 23.7 Å². The number of amides is 1. The van der Waals surface area contributed by atoms with Gasteiger partial charge in [-0.3, -0.25) is 9.59 Å². The summed E-state index contributed by atoms with van der Waals surface area (Å²) >= 11 is 0. The first-order valence-corrected chi connectivity index (χ1v) is 18.9. The van der Waals surface area contributed by atoms with Gasteiger partial charge >= 0.3 is 5.97 Å². The monoisotopic (exact) mass is 731 g/mol. The molecule has 2 saturated carbocycles. The van der Waals surface area contributed by atoms with Crippen LogP contribution in [0.25, 0.3) is 0 Å². The van der Waals surface area contributed by atoms with Crippen LogP contribution in [0.5, 0.6) is 0 Å². The van der Waals surface area contributed by atoms with Crippen molar-refractivity contribution in [1.82, 2.24) is 5.32 Å². The zero-order valence-electron chi connectivity index (χ0n) is 30.4. The molecule has 1 amide bonds. The van der Waals surface area contributed by atoms with Gasteiger partial charge in [0.2, 0.25) is 5.91 Å². The number of ketones is 1. The number of ether oxygens (including phenoxy) is 5. The van der Waals surface area contributed by atoms with E-state index in [1.165, 1.54) is 13.8 Å². The topological polar surface area (TPSA) is 231 Å². The molecule has 15 nitrogen and oxygen atoms in total. The number of carbonyl (C=O) groups excluding carboxylic acids is 2. The zero-order valence-corrected chi connectivity index (χ0v) is 30.4. The van der Waals surface area contributed by atoms with Crippen molar-refractivity contribution < 1.29 is 68.7 Å². The van der Waals surface area contributed by atoms with Crippen molar-refractivity contribution in [1.29, 1.82) is 0 Å². The maximum atomic E-state index is 13.4. The Bertz CT molecular complexity index is 1120. The number of unbranched alkanes of at least 4 members (excludes halogenated alkanes) is 1. The standard InChI is InChI=1S/C36H61NO14/c1-5-7-13-23(40)22-15-21(6-2)32(51-36-31(44)30(43)28(41)18(3)47-36)24(16-22)49-35-27(37-19(4)39)33(29(42)26(17-38)50-35)48-25(34(45)46)14-20-11-9-8-10-12-20/h18,20-22,24-33,35-36,38,41-44H,5-17H2,1-4H3,(H,37,39)(H,45,46)/t18-,21?,22?,24+,25-,26-,27?,28-,29-,30?,31-,32+,33?,35+,36?/m0/s1. The first-order valence-electron chi connectivity index (χ1n) is 18.9. The molecule has 0 spiro atoms. The summed E-state index contributed by atoms with van der Waals surface area (Å²) in [4.78, 5) is 38.5. The molecule has 7 N–H and O–H groups in total. The van der Waals surface area contributed by atoms with Crippen LogP contribution in [0.2, 0.25) is 0 Å². The van der Waals surface area contributed by atoms with E-state index in [2.05, 4.69) is 5.32 Å². The predicted octanol–water partition coefficient (Wildman–Crippen LogP) is 1.17. The fourth-order valence-electron chi connectivity index (χ4n) is 8.18. The summed E-state index contributed by atoms with van der Waals surface area (Å²) < 4.78 is 31.0. The number of rotatable bonds is 16. The van der Waals surface area contributed by atoms with Crippen molar-refractivity contribution in [2.24, 2.45) is 17.8 Å². The second-order valence-electron chi connectivity index (χ2n) is 15.0. The van der Waals surface area contributed by atoms with Crippen molar-refractivity contribution in [3.63, 3.8) is 0 Å². The number of aliphatic hydroxyl groups is 5. The van der Waals surface area contributed by atoms with E-state index in [1.807, 2.05) is 13.8 Å². The number of aliphatic carboxylic acids is 1. The lowest BCUT2D eigenvalue weighted by atomic mass is 9.74. The van der Waals surface area contributed by atoms with Crippen molar-refractivity contribution in [3.8, 4) is 0 Å². The molecule has 2 heterocycles. The van der Waals surface area contributed by atoms with E-state index in [0.717, 1.165) is 44.9 Å². The lowest BCUT2D eigenvalue weighted by molar-refractivity contribution is -0.338. The largest absolute Gasteiger partial charge is 0.479 e. The second kappa shape index (κ2) is 19.5. The molecular weight excluding hydrogens is 670 g/mol. The van der Waals surface area contributed by atoms with Gasteiger partial charge in [0.25, 0.3) is 0 Å². The average Bonchev–Trinajstić information content (AvgIpc) is 3.11. The predicted molar refractivity (Wildman–Crippen MR) is 180 cm³/mol. The highest BCUT2D eigenvalue weighted by molar-refractivity contribution is 5.81. The fourth-order valence-corrected chi connectivity index (χ4v) is 8.18. The minimum atomic E-state index is -1.60. The summed E-state index contributed by atoms with van der Waals surface area (Å²) in [6, 6.07) is -1.24. The summed E-state index contributed by atoms with van der Waals surface area (Å²) in [6.45, 7) is 6.04. The summed E-state index contributed by atoms with van der Waals surface area (Å²) in [5, 5.41) is 66.1. The minimum Gasteiger partial charge on any atom is -0.479 e. The van der Waals surface area contributed by atoms with Gasteiger partial charge in [0.05, 0.1) is 24.9 Å². The molecule has 0 aromatic rings. The molecule has 0 aromatic carbocycles. The Morgan fingerprint density at radius 2 is 1.59 bits per heavy atom. The Morgan fingerprint density at radius 3 is 2.20 bits per heavy atom. The highest BCUT2D eigenvalue weighted by atomic mass is 16.7. The van der Waals surface area contributed by atoms with Crippen LogP contribution >= 0.6 is 0 Å². The molecule has 15 atom stereocenters. The van der Waals surface area contributed by atoms with Crippen LogP contribution in [0.4, 0.5) is 0 Å². The number of hydrogen-bond acceptors (Lipinski definition) is 13. The van der Waals surface area contributed by atoms with Crippen molar-refractivity contribution in [3.05, 3.63) is 0 Å². The lowest BCUT2D eigenvalue weighted by Gasteiger charge is -2.49. The lowest BCUT2D eigenvalue weighted by Crippen LogP contribution is -2.67. The highest BCUT2D eigenvalue weighted by Gasteiger charge is 2.52. The van der Waals surface area contributed by atoms with Crippen LogP contribution < -0.4 is 5.32 Å². The molecule has 2 aliphatic heterocycles. The van der Waals surface area contributed by atoms with Gasteiger partial charge in [0.15, 0.2) is 18.7 Å². The fraction of sp³-hybridized carbons (Fsp3) is 0.917. The summed E-state index contributed by atoms with van der Waals surface area (Å²) in [5.41, 5.74) is 0. The number of nitrogens with one attached hydrogen (secondary N) is 1. The molecule has 4 fully saturated rings. The van der Waals surface area contributed by atoms with Crippen LogP contribution in [0, 0.1) is 17.8 Å². The van der Waals surface area contributed by atoms with Gasteiger partial charge in [-0.25, -0.2) is 4.79 Å². The van der Waals surface area contributed by atoms with Crippen molar-refractivity contribution in [2.45, 2.75) is 184 Å². The zero-order chi connectivity index (χ0) is 37.4. The molecule has 0 aromatic heterocycles. The number of Topliss-reactive ketones (excluding diaryl/α,β-unsaturated/α-hetero) is 1. The van der Waals surface area contributed by atoms with Gasteiger partial charge in [0.1, 0.15) is 48.4 Å². The first kappa shape index (κ1) is 42.0. The Kier molecular flexibility index (Phi) is 16.1. The number of hydrogen-bond donors (Lipinski definition) is 7. The van der Waals surface area contributed by atoms with Gasteiger partial charge in [-0.15, -0.1) is 0 Å². The Hall–Kier alpha value is -1.79. The maximum Gasteiger partial charge on any atom is 0.332 e. The van der Waals surface area contributed by atoms with Gasteiger partial charge < -0.3 is 59.6 Å². The molecule has 0 bridgehead atoms. The molecular formula is C36H61NO14. The van der Waals surface area contributed by atoms with Crippen LogP contribution in [0.1, 0.15) is 105 Å². The summed E-state index contributed by atoms with van der Waals surface area (Å²) in [6.07, 6.45) is -7.28. The smallest absolute Gasteiger partial charge is 0.332 e. The quantitative estimate of drug-likeness (QED) is 0.118. The van der Waals surface area contributed by atoms with Crippen molar-refractivity contribution in [2.75, 3.05) is 6.61 Å². The second-order valence-corrected chi connectivity index (χ2v) is 15.0. The van der Waals surface area contributed by atoms with Gasteiger partial charge in [0, 0.05) is 19.3 Å². The number of carboxylic acids is 1. The first-order chi connectivity index (χ1) is 24.3. The van der Waals surface area contributed by atoms with Crippen molar-refractivity contribution >= 4 is 17.7 Å². The normalized spacial score (nSPS) is 40.0. The Balaban J connectivity index is 1.66. The number of carbonyl (C=O) groups is 3. The molecule has 294 valence electrons. The van der Waals surface area contributed by atoms with E-state index < -0.39 is 104 Å². The molecule has 15 heteroatoms. The van der Waals surface area contributed by atoms with E-state index in [0.29, 0.717) is 19.3 Å². The van der Waals surface area contributed by atoms with Crippen LogP contribution in [0.15, 0.2) is 0 Å². The highest BCUT2D eigenvalue weighted by Crippen LogP contribution is 2.40. The third kappa shape index (κ3) is 10.7. The molecule has 4 rings (SSSR count). The molecule has 0 radical (unpaired) electrons. The minimum absolute atomic E-state index is 0.0586. The molecule has 6 unspecified atom stereocenters. The number of aliphatic hydroxyl groups excluding tert-OH is 5. The van der Waals surface area contributed by atoms with Crippen LogP contribution in [-0.2, 0) is 38.1 Å². The third-order valence-electron chi connectivity index (χ3n) is 11.2. The van der Waals surface area contributed by atoms with Crippen LogP contribution in [0.3, 0.4) is 0 Å². The van der Waals surface area contributed by atoms with E-state index >= 15 is 0 Å². The number of carboxylic acid groups (broad SMARTS) is 1. The Labute approximate surface area is 300 Å². The molecule has 51 heavy (non-hydrogen) atoms. The molecule has 2 aliphatic carbocycles. The summed E-state index contributed by atoms with van der Waals surface area (Å²) in [7, 11) is 0. The van der Waals surface area contributed by atoms with E-state index in [1.54, 1.807) is 0 Å². The summed E-state index contributed by atoms with van der Waals surface area (Å²) in [5.74, 6) is -2.29. The molecule has 2 saturated heterocycles. The van der Waals surface area contributed by atoms with E-state index in [-0.39, 0.29) is 30.5 Å². The third-order valence-corrected chi connectivity index (χ3v) is 11.2. The van der Waals surface area contributed by atoms with Gasteiger partial charge in [-0.2, -0.15) is 0 Å². The van der Waals surface area contributed by atoms with Crippen LogP contribution in [-0.4, -0.2) is 135 Å². The van der Waals surface area contributed by atoms with Gasteiger partial charge in [-0.05, 0) is 44.4 Å². The van der Waals surface area contributed by atoms with E-state index in [9.17, 15) is 45.0 Å².